The molecule has 0 radical (unpaired) electrons. The van der Waals surface area contributed by atoms with Crippen LogP contribution in [0, 0.1) is 11.8 Å². The quantitative estimate of drug-likeness (QED) is 0.561. The molecule has 1 heteroatoms. The highest BCUT2D eigenvalue weighted by Gasteiger charge is 2.36. The molecule has 0 aliphatic heterocycles. The van der Waals surface area contributed by atoms with Gasteiger partial charge in [-0.15, -0.1) is 0 Å². The highest BCUT2D eigenvalue weighted by Crippen LogP contribution is 2.42. The molecule has 2 rings (SSSR count). The minimum absolute atomic E-state index is 0.0973. The number of hydrogen-bond donors (Lipinski definition) is 1. The van der Waals surface area contributed by atoms with E-state index in [1.54, 1.807) is 0 Å². The van der Waals surface area contributed by atoms with Crippen LogP contribution in [0.2, 0.25) is 0 Å². The van der Waals surface area contributed by atoms with Crippen molar-refractivity contribution in [1.29, 1.82) is 0 Å². The number of hydrogen-bond acceptors (Lipinski definition) is 1. The van der Waals surface area contributed by atoms with Gasteiger partial charge < -0.3 is 5.11 Å². The monoisotopic (exact) mass is 222 g/mol. The summed E-state index contributed by atoms with van der Waals surface area (Å²) in [6.45, 7) is 2.23. The van der Waals surface area contributed by atoms with Gasteiger partial charge in [-0.2, -0.15) is 0 Å². The first-order valence-electron chi connectivity index (χ1n) is 7.20. The first-order valence-corrected chi connectivity index (χ1v) is 7.20. The second-order valence-electron chi connectivity index (χ2n) is 5.61. The third-order valence-corrected chi connectivity index (χ3v) is 4.52. The van der Waals surface area contributed by atoms with Crippen molar-refractivity contribution in [3.63, 3.8) is 0 Å². The zero-order valence-electron chi connectivity index (χ0n) is 10.6. The standard InChI is InChI=1S/C15H26O/c1-2-3-4-9-13-10-11-14(15(13)16)12-7-5-6-8-12/h9,12,14-16H,2-8,10-11H2,1H3/b13-9-. The van der Waals surface area contributed by atoms with Crippen molar-refractivity contribution in [2.24, 2.45) is 11.8 Å². The average molecular weight is 222 g/mol. The van der Waals surface area contributed by atoms with Crippen molar-refractivity contribution in [2.75, 3.05) is 0 Å². The second kappa shape index (κ2) is 5.86. The summed E-state index contributed by atoms with van der Waals surface area (Å²) in [6.07, 6.45) is 13.8. The molecular weight excluding hydrogens is 196 g/mol. The van der Waals surface area contributed by atoms with Crippen LogP contribution < -0.4 is 0 Å². The van der Waals surface area contributed by atoms with Crippen molar-refractivity contribution in [3.8, 4) is 0 Å². The van der Waals surface area contributed by atoms with E-state index in [-0.39, 0.29) is 6.10 Å². The predicted octanol–water partition coefficient (Wildman–Crippen LogP) is 4.06. The first kappa shape index (κ1) is 12.2. The Morgan fingerprint density at radius 3 is 2.69 bits per heavy atom. The molecule has 0 amide bonds. The Labute approximate surface area is 99.9 Å². The summed E-state index contributed by atoms with van der Waals surface area (Å²) in [4.78, 5) is 0. The van der Waals surface area contributed by atoms with Crippen molar-refractivity contribution < 1.29 is 5.11 Å². The van der Waals surface area contributed by atoms with E-state index in [0.717, 1.165) is 12.3 Å². The molecule has 0 aromatic carbocycles. The predicted molar refractivity (Wildman–Crippen MR) is 68.3 cm³/mol. The second-order valence-corrected chi connectivity index (χ2v) is 5.61. The molecule has 92 valence electrons. The van der Waals surface area contributed by atoms with E-state index in [1.165, 1.54) is 56.9 Å². The summed E-state index contributed by atoms with van der Waals surface area (Å²) in [7, 11) is 0. The Hall–Kier alpha value is -0.300. The van der Waals surface area contributed by atoms with Gasteiger partial charge in [0, 0.05) is 0 Å². The molecule has 0 aromatic heterocycles. The molecule has 0 heterocycles. The van der Waals surface area contributed by atoms with Gasteiger partial charge in [0.25, 0.3) is 0 Å². The highest BCUT2D eigenvalue weighted by atomic mass is 16.3. The van der Waals surface area contributed by atoms with Crippen LogP contribution in [-0.4, -0.2) is 11.2 Å². The molecule has 0 spiro atoms. The summed E-state index contributed by atoms with van der Waals surface area (Å²) < 4.78 is 0. The topological polar surface area (TPSA) is 20.2 Å². The molecule has 2 aliphatic carbocycles. The van der Waals surface area contributed by atoms with Crippen LogP contribution >= 0.6 is 0 Å². The zero-order chi connectivity index (χ0) is 11.4. The molecular formula is C15H26O. The van der Waals surface area contributed by atoms with E-state index in [2.05, 4.69) is 13.0 Å². The van der Waals surface area contributed by atoms with Crippen molar-refractivity contribution >= 4 is 0 Å². The van der Waals surface area contributed by atoms with Gasteiger partial charge in [-0.1, -0.05) is 51.5 Å². The molecule has 16 heavy (non-hydrogen) atoms. The maximum absolute atomic E-state index is 10.3. The smallest absolute Gasteiger partial charge is 0.0781 e. The summed E-state index contributed by atoms with van der Waals surface area (Å²) in [5.41, 5.74) is 1.35. The van der Waals surface area contributed by atoms with Crippen LogP contribution in [-0.2, 0) is 0 Å². The van der Waals surface area contributed by atoms with Crippen LogP contribution in [0.4, 0.5) is 0 Å². The molecule has 2 saturated carbocycles. The maximum atomic E-state index is 10.3. The van der Waals surface area contributed by atoms with E-state index in [4.69, 9.17) is 0 Å². The van der Waals surface area contributed by atoms with Gasteiger partial charge in [-0.05, 0) is 36.7 Å². The van der Waals surface area contributed by atoms with Crippen molar-refractivity contribution in [2.45, 2.75) is 70.8 Å². The molecule has 2 unspecified atom stereocenters. The Morgan fingerprint density at radius 1 is 1.25 bits per heavy atom. The van der Waals surface area contributed by atoms with Gasteiger partial charge in [-0.3, -0.25) is 0 Å². The molecule has 0 saturated heterocycles. The van der Waals surface area contributed by atoms with Gasteiger partial charge in [0.2, 0.25) is 0 Å². The van der Waals surface area contributed by atoms with Gasteiger partial charge in [0.15, 0.2) is 0 Å². The lowest BCUT2D eigenvalue weighted by molar-refractivity contribution is 0.123. The van der Waals surface area contributed by atoms with E-state index >= 15 is 0 Å². The van der Waals surface area contributed by atoms with Crippen LogP contribution in [0.15, 0.2) is 11.6 Å². The SMILES string of the molecule is CCCC/C=C1/CCC(C2CCCC2)C1O. The summed E-state index contributed by atoms with van der Waals surface area (Å²) in [6, 6.07) is 0. The van der Waals surface area contributed by atoms with E-state index in [9.17, 15) is 5.11 Å². The third kappa shape index (κ3) is 2.68. The largest absolute Gasteiger partial charge is 0.388 e. The Balaban J connectivity index is 1.87. The van der Waals surface area contributed by atoms with E-state index < -0.39 is 0 Å². The van der Waals surface area contributed by atoms with E-state index in [1.807, 2.05) is 0 Å². The minimum Gasteiger partial charge on any atom is -0.388 e. The lowest BCUT2D eigenvalue weighted by atomic mass is 9.87. The molecule has 1 N–H and O–H groups in total. The number of rotatable bonds is 4. The Bertz CT molecular complexity index is 238. The molecule has 0 bridgehead atoms. The molecule has 0 aromatic rings. The Morgan fingerprint density at radius 2 is 2.00 bits per heavy atom. The Kier molecular flexibility index (Phi) is 4.45. The summed E-state index contributed by atoms with van der Waals surface area (Å²) >= 11 is 0. The molecule has 2 aliphatic rings. The summed E-state index contributed by atoms with van der Waals surface area (Å²) in [5, 5.41) is 10.3. The van der Waals surface area contributed by atoms with Gasteiger partial charge in [-0.25, -0.2) is 0 Å². The zero-order valence-corrected chi connectivity index (χ0v) is 10.6. The minimum atomic E-state index is -0.0973. The normalized spacial score (nSPS) is 34.0. The fourth-order valence-electron chi connectivity index (χ4n) is 3.51. The number of aliphatic hydroxyl groups is 1. The van der Waals surface area contributed by atoms with Gasteiger partial charge in [0.05, 0.1) is 6.10 Å². The van der Waals surface area contributed by atoms with Crippen LogP contribution in [0.5, 0.6) is 0 Å². The molecule has 2 fully saturated rings. The van der Waals surface area contributed by atoms with Gasteiger partial charge in [0.1, 0.15) is 0 Å². The number of aliphatic hydroxyl groups excluding tert-OH is 1. The van der Waals surface area contributed by atoms with Crippen molar-refractivity contribution in [3.05, 3.63) is 11.6 Å². The van der Waals surface area contributed by atoms with E-state index in [0.29, 0.717) is 5.92 Å². The highest BCUT2D eigenvalue weighted by molar-refractivity contribution is 5.15. The average Bonchev–Trinajstić information content (AvgIpc) is 2.89. The maximum Gasteiger partial charge on any atom is 0.0781 e. The lowest BCUT2D eigenvalue weighted by Gasteiger charge is -2.21. The van der Waals surface area contributed by atoms with Crippen LogP contribution in [0.1, 0.15) is 64.7 Å². The van der Waals surface area contributed by atoms with Crippen LogP contribution in [0.25, 0.3) is 0 Å². The lowest BCUT2D eigenvalue weighted by Crippen LogP contribution is -2.21. The number of allylic oxidation sites excluding steroid dienone is 1. The molecule has 2 atom stereocenters. The summed E-state index contributed by atoms with van der Waals surface area (Å²) in [5.74, 6) is 1.42. The van der Waals surface area contributed by atoms with Crippen LogP contribution in [0.3, 0.4) is 0 Å². The fraction of sp³-hybridized carbons (Fsp3) is 0.867. The number of unbranched alkanes of at least 4 members (excludes halogenated alkanes) is 2. The first-order chi connectivity index (χ1) is 7.83. The third-order valence-electron chi connectivity index (χ3n) is 4.52. The molecule has 1 nitrogen and oxygen atoms in total. The van der Waals surface area contributed by atoms with Crippen molar-refractivity contribution in [1.82, 2.24) is 0 Å². The fourth-order valence-corrected chi connectivity index (χ4v) is 3.51. The van der Waals surface area contributed by atoms with Gasteiger partial charge >= 0.3 is 0 Å².